The Morgan fingerprint density at radius 1 is 1.09 bits per heavy atom. The lowest BCUT2D eigenvalue weighted by atomic mass is 9.87. The van der Waals surface area contributed by atoms with Gasteiger partial charge in [0.25, 0.3) is 5.91 Å². The summed E-state index contributed by atoms with van der Waals surface area (Å²) in [6, 6.07) is 11.5. The average molecular weight is 450 g/mol. The van der Waals surface area contributed by atoms with Crippen LogP contribution in [0.15, 0.2) is 48.5 Å². The van der Waals surface area contributed by atoms with Crippen molar-refractivity contribution in [2.24, 2.45) is 5.92 Å². The van der Waals surface area contributed by atoms with Crippen LogP contribution in [0.25, 0.3) is 0 Å². The molecule has 1 N–H and O–H groups in total. The van der Waals surface area contributed by atoms with Gasteiger partial charge in [0.05, 0.1) is 25.2 Å². The van der Waals surface area contributed by atoms with Gasteiger partial charge in [0.2, 0.25) is 5.91 Å². The van der Waals surface area contributed by atoms with Crippen LogP contribution in [-0.4, -0.2) is 57.2 Å². The summed E-state index contributed by atoms with van der Waals surface area (Å²) >= 11 is 0. The zero-order chi connectivity index (χ0) is 23.3. The number of hydrogen-bond donors (Lipinski definition) is 1. The van der Waals surface area contributed by atoms with Crippen LogP contribution in [0.3, 0.4) is 0 Å². The van der Waals surface area contributed by atoms with Crippen molar-refractivity contribution in [3.8, 4) is 5.75 Å². The van der Waals surface area contributed by atoms with E-state index in [0.717, 1.165) is 12.1 Å². The van der Waals surface area contributed by atoms with E-state index in [1.807, 2.05) is 0 Å². The zero-order valence-electron chi connectivity index (χ0n) is 17.8. The van der Waals surface area contributed by atoms with Crippen molar-refractivity contribution in [1.29, 1.82) is 0 Å². The summed E-state index contributed by atoms with van der Waals surface area (Å²) in [5, 5.41) is 2.74. The second kappa shape index (κ2) is 10.0. The fourth-order valence-electron chi connectivity index (χ4n) is 3.84. The Morgan fingerprint density at radius 2 is 1.81 bits per heavy atom. The van der Waals surface area contributed by atoms with Gasteiger partial charge in [-0.2, -0.15) is 13.2 Å². The normalized spacial score (nSPS) is 18.5. The standard InChI is InChI=1S/C23H25F3N2O4/c1-31-11-10-27-21(29)20-14-28(22(30)15-6-8-18(32-2)9-7-15)13-19(20)16-4-3-5-17(12-16)23(24,25)26/h3-9,12,19-20H,10-11,13-14H2,1-2H3,(H,27,29). The number of nitrogens with one attached hydrogen (secondary N) is 1. The minimum atomic E-state index is -4.50. The number of alkyl halides is 3. The Labute approximate surface area is 184 Å². The molecule has 6 nitrogen and oxygen atoms in total. The molecule has 3 rings (SSSR count). The molecule has 2 aromatic carbocycles. The third-order valence-electron chi connectivity index (χ3n) is 5.53. The van der Waals surface area contributed by atoms with Crippen molar-refractivity contribution in [2.75, 3.05) is 40.5 Å². The van der Waals surface area contributed by atoms with Crippen molar-refractivity contribution in [3.63, 3.8) is 0 Å². The first-order valence-electron chi connectivity index (χ1n) is 10.1. The molecule has 1 aliphatic rings. The molecule has 0 saturated carbocycles. The molecule has 2 atom stereocenters. The van der Waals surface area contributed by atoms with Gasteiger partial charge in [-0.15, -0.1) is 0 Å². The van der Waals surface area contributed by atoms with Gasteiger partial charge in [-0.3, -0.25) is 9.59 Å². The summed E-state index contributed by atoms with van der Waals surface area (Å²) in [6.45, 7) is 0.813. The summed E-state index contributed by atoms with van der Waals surface area (Å²) < 4.78 is 49.8. The molecule has 9 heteroatoms. The first kappa shape index (κ1) is 23.6. The number of nitrogens with zero attached hydrogens (tertiary/aromatic N) is 1. The van der Waals surface area contributed by atoms with Crippen LogP contribution >= 0.6 is 0 Å². The van der Waals surface area contributed by atoms with E-state index in [1.165, 1.54) is 25.2 Å². The highest BCUT2D eigenvalue weighted by molar-refractivity contribution is 5.95. The molecule has 0 spiro atoms. The van der Waals surface area contributed by atoms with E-state index in [-0.39, 0.29) is 31.4 Å². The van der Waals surface area contributed by atoms with E-state index in [2.05, 4.69) is 5.32 Å². The van der Waals surface area contributed by atoms with Gasteiger partial charge in [-0.25, -0.2) is 0 Å². The molecule has 0 aliphatic carbocycles. The number of halogens is 3. The summed E-state index contributed by atoms with van der Waals surface area (Å²) in [6.07, 6.45) is -4.50. The summed E-state index contributed by atoms with van der Waals surface area (Å²) in [4.78, 5) is 27.4. The Bertz CT molecular complexity index is 947. The molecule has 2 unspecified atom stereocenters. The highest BCUT2D eigenvalue weighted by Gasteiger charge is 2.41. The number of likely N-dealkylation sites (tertiary alicyclic amines) is 1. The van der Waals surface area contributed by atoms with Crippen molar-refractivity contribution in [1.82, 2.24) is 10.2 Å². The highest BCUT2D eigenvalue weighted by Crippen LogP contribution is 2.37. The fourth-order valence-corrected chi connectivity index (χ4v) is 3.84. The largest absolute Gasteiger partial charge is 0.497 e. The van der Waals surface area contributed by atoms with E-state index in [9.17, 15) is 22.8 Å². The quantitative estimate of drug-likeness (QED) is 0.658. The Hall–Kier alpha value is -3.07. The van der Waals surface area contributed by atoms with Crippen LogP contribution in [0.4, 0.5) is 13.2 Å². The third kappa shape index (κ3) is 5.40. The number of ether oxygens (including phenoxy) is 2. The minimum absolute atomic E-state index is 0.102. The second-order valence-electron chi connectivity index (χ2n) is 7.56. The van der Waals surface area contributed by atoms with Crippen LogP contribution in [-0.2, 0) is 15.7 Å². The van der Waals surface area contributed by atoms with E-state index in [1.54, 1.807) is 30.3 Å². The molecule has 32 heavy (non-hydrogen) atoms. The lowest BCUT2D eigenvalue weighted by Gasteiger charge is -2.19. The van der Waals surface area contributed by atoms with Gasteiger partial charge < -0.3 is 19.7 Å². The number of rotatable bonds is 7. The minimum Gasteiger partial charge on any atom is -0.497 e. The van der Waals surface area contributed by atoms with Crippen LogP contribution in [0, 0.1) is 5.92 Å². The van der Waals surface area contributed by atoms with Crippen molar-refractivity contribution in [2.45, 2.75) is 12.1 Å². The highest BCUT2D eigenvalue weighted by atomic mass is 19.4. The zero-order valence-corrected chi connectivity index (χ0v) is 17.8. The first-order chi connectivity index (χ1) is 15.2. The number of methoxy groups -OCH3 is 2. The maximum Gasteiger partial charge on any atom is 0.416 e. The predicted molar refractivity (Wildman–Crippen MR) is 111 cm³/mol. The van der Waals surface area contributed by atoms with E-state index in [4.69, 9.17) is 9.47 Å². The molecular formula is C23H25F3N2O4. The van der Waals surface area contributed by atoms with Gasteiger partial charge in [0.15, 0.2) is 0 Å². The van der Waals surface area contributed by atoms with Gasteiger partial charge in [0.1, 0.15) is 5.75 Å². The van der Waals surface area contributed by atoms with Crippen LogP contribution in [0.1, 0.15) is 27.4 Å². The van der Waals surface area contributed by atoms with Gasteiger partial charge in [-0.05, 0) is 35.9 Å². The maximum absolute atomic E-state index is 13.2. The number of carbonyl (C=O) groups is 2. The van der Waals surface area contributed by atoms with Crippen molar-refractivity contribution < 1.29 is 32.2 Å². The molecule has 0 aromatic heterocycles. The monoisotopic (exact) mass is 450 g/mol. The molecule has 1 saturated heterocycles. The van der Waals surface area contributed by atoms with Crippen LogP contribution in [0.5, 0.6) is 5.75 Å². The molecule has 1 heterocycles. The molecule has 0 bridgehead atoms. The molecule has 0 radical (unpaired) electrons. The number of amides is 2. The summed E-state index contributed by atoms with van der Waals surface area (Å²) in [5.41, 5.74) is -0.000692. The van der Waals surface area contributed by atoms with Crippen molar-refractivity contribution in [3.05, 3.63) is 65.2 Å². The van der Waals surface area contributed by atoms with Crippen LogP contribution < -0.4 is 10.1 Å². The van der Waals surface area contributed by atoms with Gasteiger partial charge in [-0.1, -0.05) is 18.2 Å². The molecule has 2 amide bonds. The number of hydrogen-bond acceptors (Lipinski definition) is 4. The molecule has 2 aromatic rings. The van der Waals surface area contributed by atoms with Gasteiger partial charge in [0, 0.05) is 38.2 Å². The van der Waals surface area contributed by atoms with E-state index >= 15 is 0 Å². The molecular weight excluding hydrogens is 425 g/mol. The maximum atomic E-state index is 13.2. The lowest BCUT2D eigenvalue weighted by Crippen LogP contribution is -2.37. The molecule has 1 fully saturated rings. The third-order valence-corrected chi connectivity index (χ3v) is 5.53. The summed E-state index contributed by atoms with van der Waals surface area (Å²) in [7, 11) is 3.02. The Morgan fingerprint density at radius 3 is 2.44 bits per heavy atom. The lowest BCUT2D eigenvalue weighted by molar-refractivity contribution is -0.137. The smallest absolute Gasteiger partial charge is 0.416 e. The molecule has 172 valence electrons. The van der Waals surface area contributed by atoms with Gasteiger partial charge >= 0.3 is 6.18 Å². The Balaban J connectivity index is 1.87. The summed E-state index contributed by atoms with van der Waals surface area (Å²) in [5.74, 6) is -1.27. The Kier molecular flexibility index (Phi) is 7.40. The topological polar surface area (TPSA) is 67.9 Å². The second-order valence-corrected chi connectivity index (χ2v) is 7.56. The van der Waals surface area contributed by atoms with E-state index in [0.29, 0.717) is 23.5 Å². The molecule has 1 aliphatic heterocycles. The SMILES string of the molecule is COCCNC(=O)C1CN(C(=O)c2ccc(OC)cc2)CC1c1cccc(C(F)(F)F)c1. The number of carbonyl (C=O) groups excluding carboxylic acids is 2. The average Bonchev–Trinajstić information content (AvgIpc) is 3.24. The fraction of sp³-hybridized carbons (Fsp3) is 0.391. The van der Waals surface area contributed by atoms with E-state index < -0.39 is 23.6 Å². The predicted octanol–water partition coefficient (Wildman–Crippen LogP) is 3.33. The number of benzene rings is 2. The van der Waals surface area contributed by atoms with Crippen molar-refractivity contribution >= 4 is 11.8 Å². The first-order valence-corrected chi connectivity index (χ1v) is 10.1. The van der Waals surface area contributed by atoms with Crippen LogP contribution in [0.2, 0.25) is 0 Å².